The van der Waals surface area contributed by atoms with Crippen LogP contribution >= 0.6 is 0 Å². The van der Waals surface area contributed by atoms with Gasteiger partial charge >= 0.3 is 26.2 Å². The SMILES string of the molecule is C1=Cc2ccccc2C1.[C-]1=CC=CC1.[Cl-].[Cl-].[Zr+3]. The third-order valence-electron chi connectivity index (χ3n) is 2.28. The second-order valence-corrected chi connectivity index (χ2v) is 3.31. The summed E-state index contributed by atoms with van der Waals surface area (Å²) in [6.45, 7) is 0. The van der Waals surface area contributed by atoms with Gasteiger partial charge in [-0.05, 0) is 17.5 Å². The van der Waals surface area contributed by atoms with Crippen molar-refractivity contribution >= 4 is 6.08 Å². The number of fused-ring (bicyclic) bond motifs is 1. The Kier molecular flexibility index (Phi) is 12.5. The van der Waals surface area contributed by atoms with Gasteiger partial charge in [0.1, 0.15) is 0 Å². The molecule has 1 aromatic rings. The van der Waals surface area contributed by atoms with Crippen molar-refractivity contribution in [2.75, 3.05) is 0 Å². The smallest absolute Gasteiger partial charge is 1.00 e. The number of hydrogen-bond acceptors (Lipinski definition) is 0. The van der Waals surface area contributed by atoms with Crippen LogP contribution in [0.5, 0.6) is 0 Å². The number of benzene rings is 1. The zero-order valence-electron chi connectivity index (χ0n) is 9.37. The third kappa shape index (κ3) is 6.41. The molecule has 0 amide bonds. The van der Waals surface area contributed by atoms with Crippen LogP contribution in [0.15, 0.2) is 48.6 Å². The van der Waals surface area contributed by atoms with E-state index in [-0.39, 0.29) is 51.0 Å². The van der Waals surface area contributed by atoms with E-state index in [1.165, 1.54) is 11.1 Å². The Morgan fingerprint density at radius 2 is 1.76 bits per heavy atom. The fourth-order valence-corrected chi connectivity index (χ4v) is 1.54. The Balaban J connectivity index is 0. The molecule has 0 saturated carbocycles. The molecule has 0 saturated heterocycles. The van der Waals surface area contributed by atoms with Crippen molar-refractivity contribution in [3.05, 3.63) is 65.8 Å². The van der Waals surface area contributed by atoms with E-state index < -0.39 is 0 Å². The second kappa shape index (κ2) is 11.0. The Morgan fingerprint density at radius 3 is 2.29 bits per heavy atom. The van der Waals surface area contributed by atoms with Crippen LogP contribution in [0, 0.1) is 6.08 Å². The molecule has 0 heterocycles. The minimum Gasteiger partial charge on any atom is -1.00 e. The number of rotatable bonds is 0. The molecule has 87 valence electrons. The van der Waals surface area contributed by atoms with Gasteiger partial charge in [-0.25, -0.2) is 12.2 Å². The monoisotopic (exact) mass is 341 g/mol. The van der Waals surface area contributed by atoms with Gasteiger partial charge in [0.2, 0.25) is 0 Å². The molecule has 1 aromatic carbocycles. The molecule has 0 aromatic heterocycles. The van der Waals surface area contributed by atoms with Crippen LogP contribution in [0.1, 0.15) is 17.5 Å². The molecule has 2 aliphatic rings. The third-order valence-corrected chi connectivity index (χ3v) is 2.28. The van der Waals surface area contributed by atoms with Crippen molar-refractivity contribution in [1.82, 2.24) is 0 Å². The van der Waals surface area contributed by atoms with Crippen LogP contribution in [0.25, 0.3) is 6.08 Å². The molecule has 0 fully saturated rings. The second-order valence-electron chi connectivity index (χ2n) is 3.31. The van der Waals surface area contributed by atoms with Gasteiger partial charge in [-0.1, -0.05) is 36.4 Å². The molecule has 0 atom stereocenters. The van der Waals surface area contributed by atoms with E-state index >= 15 is 0 Å². The first kappa shape index (κ1) is 19.2. The molecular weight excluding hydrogens is 330 g/mol. The Hall–Kier alpha value is -0.0969. The molecule has 1 radical (unpaired) electrons. The van der Waals surface area contributed by atoms with Gasteiger partial charge in [0.05, 0.1) is 0 Å². The summed E-state index contributed by atoms with van der Waals surface area (Å²) >= 11 is 0. The summed E-state index contributed by atoms with van der Waals surface area (Å²) in [5.74, 6) is 0. The first-order valence-electron chi connectivity index (χ1n) is 4.93. The summed E-state index contributed by atoms with van der Waals surface area (Å²) in [6, 6.07) is 8.49. The topological polar surface area (TPSA) is 0 Å². The van der Waals surface area contributed by atoms with Gasteiger partial charge in [-0.15, -0.1) is 6.42 Å². The largest absolute Gasteiger partial charge is 3.00 e. The maximum absolute atomic E-state index is 2.99. The molecule has 3 rings (SSSR count). The minimum absolute atomic E-state index is 0. The maximum atomic E-state index is 2.99. The molecule has 17 heavy (non-hydrogen) atoms. The number of halogens is 2. The summed E-state index contributed by atoms with van der Waals surface area (Å²) in [7, 11) is 0. The molecular formula is C14H13Cl2Zr. The fraction of sp³-hybridized carbons (Fsp3) is 0.143. The van der Waals surface area contributed by atoms with Gasteiger partial charge in [0, 0.05) is 0 Å². The van der Waals surface area contributed by atoms with Crippen molar-refractivity contribution in [3.63, 3.8) is 0 Å². The van der Waals surface area contributed by atoms with Crippen molar-refractivity contribution in [2.24, 2.45) is 0 Å². The Bertz CT molecular complexity index is 385. The Labute approximate surface area is 135 Å². The molecule has 0 unspecified atom stereocenters. The molecule has 2 aliphatic carbocycles. The quantitative estimate of drug-likeness (QED) is 0.460. The molecule has 0 bridgehead atoms. The van der Waals surface area contributed by atoms with Crippen LogP contribution in [0.3, 0.4) is 0 Å². The summed E-state index contributed by atoms with van der Waals surface area (Å²) in [4.78, 5) is 0. The number of allylic oxidation sites excluding steroid dienone is 5. The van der Waals surface area contributed by atoms with Gasteiger partial charge in [-0.2, -0.15) is 6.08 Å². The zero-order valence-corrected chi connectivity index (χ0v) is 13.3. The van der Waals surface area contributed by atoms with Gasteiger partial charge in [-0.3, -0.25) is 6.08 Å². The van der Waals surface area contributed by atoms with E-state index in [2.05, 4.69) is 48.6 Å². The summed E-state index contributed by atoms with van der Waals surface area (Å²) in [5.41, 5.74) is 2.84. The van der Waals surface area contributed by atoms with Crippen LogP contribution in [-0.2, 0) is 32.6 Å². The van der Waals surface area contributed by atoms with E-state index in [0.717, 1.165) is 12.8 Å². The van der Waals surface area contributed by atoms with Gasteiger partial charge in [0.15, 0.2) is 0 Å². The van der Waals surface area contributed by atoms with Crippen LogP contribution < -0.4 is 24.8 Å². The molecule has 0 spiro atoms. The Morgan fingerprint density at radius 1 is 1.00 bits per heavy atom. The first-order chi connectivity index (χ1) is 6.97. The van der Waals surface area contributed by atoms with E-state index in [0.29, 0.717) is 0 Å². The predicted molar refractivity (Wildman–Crippen MR) is 60.8 cm³/mol. The predicted octanol–water partition coefficient (Wildman–Crippen LogP) is -2.43. The normalized spacial score (nSPS) is 12.5. The first-order valence-corrected chi connectivity index (χ1v) is 4.93. The van der Waals surface area contributed by atoms with E-state index in [1.807, 2.05) is 12.2 Å². The van der Waals surface area contributed by atoms with Crippen molar-refractivity contribution in [2.45, 2.75) is 12.8 Å². The maximum Gasteiger partial charge on any atom is 3.00 e. The minimum atomic E-state index is 0. The molecule has 0 aliphatic heterocycles. The van der Waals surface area contributed by atoms with E-state index in [1.54, 1.807) is 0 Å². The van der Waals surface area contributed by atoms with Gasteiger partial charge < -0.3 is 24.8 Å². The van der Waals surface area contributed by atoms with Crippen molar-refractivity contribution in [3.8, 4) is 0 Å². The van der Waals surface area contributed by atoms with Crippen molar-refractivity contribution in [1.29, 1.82) is 0 Å². The van der Waals surface area contributed by atoms with Crippen LogP contribution in [0.4, 0.5) is 0 Å². The van der Waals surface area contributed by atoms with Crippen molar-refractivity contribution < 1.29 is 51.0 Å². The zero-order chi connectivity index (χ0) is 9.64. The summed E-state index contributed by atoms with van der Waals surface area (Å²) < 4.78 is 0. The molecule has 3 heteroatoms. The average Bonchev–Trinajstić information content (AvgIpc) is 2.92. The summed E-state index contributed by atoms with van der Waals surface area (Å²) in [5, 5.41) is 0. The average molecular weight is 343 g/mol. The van der Waals surface area contributed by atoms with Crippen LogP contribution in [0.2, 0.25) is 0 Å². The molecule has 0 N–H and O–H groups in total. The van der Waals surface area contributed by atoms with Gasteiger partial charge in [0.25, 0.3) is 0 Å². The summed E-state index contributed by atoms with van der Waals surface area (Å²) in [6.07, 6.45) is 15.5. The van der Waals surface area contributed by atoms with E-state index in [4.69, 9.17) is 0 Å². The molecule has 0 nitrogen and oxygen atoms in total. The standard InChI is InChI=1S/C9H8.C5H5.2ClH.Zr/c1-2-5-9-7-3-6-8(9)4-1;1-2-4-5-3-1;;;/h1-6H,7H2;1-3H,4H2;2*1H;/q;-1;;;+3/p-2. The fourth-order valence-electron chi connectivity index (χ4n) is 1.54. The number of hydrogen-bond donors (Lipinski definition) is 0. The van der Waals surface area contributed by atoms with E-state index in [9.17, 15) is 0 Å². The van der Waals surface area contributed by atoms with Crippen LogP contribution in [-0.4, -0.2) is 0 Å².